The van der Waals surface area contributed by atoms with Gasteiger partial charge in [0.25, 0.3) is 10.1 Å². The van der Waals surface area contributed by atoms with Gasteiger partial charge in [-0.25, -0.2) is 4.79 Å². The second-order valence-corrected chi connectivity index (χ2v) is 10.1. The fourth-order valence-corrected chi connectivity index (χ4v) is 3.89. The van der Waals surface area contributed by atoms with Gasteiger partial charge in [0, 0.05) is 12.2 Å². The maximum atomic E-state index is 11.8. The SMILES string of the molecule is CCCCCCCCCCCCCCCCNc1ccc(C(=O)OCCS(=O)(=O)O)cc1. The molecule has 184 valence electrons. The van der Waals surface area contributed by atoms with E-state index in [0.717, 1.165) is 18.7 Å². The third-order valence-corrected chi connectivity index (χ3v) is 6.24. The quantitative estimate of drug-likeness (QED) is 0.127. The van der Waals surface area contributed by atoms with E-state index in [-0.39, 0.29) is 6.61 Å². The van der Waals surface area contributed by atoms with Crippen molar-refractivity contribution in [3.8, 4) is 0 Å². The Hall–Kier alpha value is -1.60. The van der Waals surface area contributed by atoms with Gasteiger partial charge in [-0.05, 0) is 30.7 Å². The van der Waals surface area contributed by atoms with Crippen molar-refractivity contribution in [2.75, 3.05) is 24.2 Å². The molecule has 2 N–H and O–H groups in total. The van der Waals surface area contributed by atoms with Crippen molar-refractivity contribution >= 4 is 21.8 Å². The first-order valence-electron chi connectivity index (χ1n) is 12.4. The minimum Gasteiger partial charge on any atom is -0.461 e. The van der Waals surface area contributed by atoms with Crippen LogP contribution in [0.15, 0.2) is 24.3 Å². The Morgan fingerprint density at radius 3 is 1.75 bits per heavy atom. The lowest BCUT2D eigenvalue weighted by Crippen LogP contribution is -2.14. The monoisotopic (exact) mass is 469 g/mol. The molecule has 0 bridgehead atoms. The highest BCUT2D eigenvalue weighted by molar-refractivity contribution is 7.85. The van der Waals surface area contributed by atoms with Crippen molar-refractivity contribution in [3.63, 3.8) is 0 Å². The number of esters is 1. The standard InChI is InChI=1S/C25H43NO5S/c1-2-3-4-5-6-7-8-9-10-11-12-13-14-15-20-26-24-18-16-23(17-19-24)25(27)31-21-22-32(28,29)30/h16-19,26H,2-15,20-22H2,1H3,(H,28,29,30). The van der Waals surface area contributed by atoms with Crippen LogP contribution in [0.5, 0.6) is 0 Å². The Labute approximate surface area is 195 Å². The molecule has 0 unspecified atom stereocenters. The van der Waals surface area contributed by atoms with Crippen LogP contribution in [0.25, 0.3) is 0 Å². The number of carbonyl (C=O) groups excluding carboxylic acids is 1. The highest BCUT2D eigenvalue weighted by atomic mass is 32.2. The zero-order valence-electron chi connectivity index (χ0n) is 19.8. The number of hydrogen-bond donors (Lipinski definition) is 2. The first-order valence-corrected chi connectivity index (χ1v) is 14.0. The fraction of sp³-hybridized carbons (Fsp3) is 0.720. The topological polar surface area (TPSA) is 92.7 Å². The zero-order chi connectivity index (χ0) is 23.5. The molecule has 0 spiro atoms. The van der Waals surface area contributed by atoms with Gasteiger partial charge in [0.05, 0.1) is 5.56 Å². The van der Waals surface area contributed by atoms with Gasteiger partial charge in [0.1, 0.15) is 12.4 Å². The van der Waals surface area contributed by atoms with Gasteiger partial charge in [0.2, 0.25) is 0 Å². The average molecular weight is 470 g/mol. The molecule has 0 saturated carbocycles. The van der Waals surface area contributed by atoms with E-state index in [1.54, 1.807) is 12.1 Å². The van der Waals surface area contributed by atoms with Crippen LogP contribution >= 0.6 is 0 Å². The molecule has 1 aromatic rings. The molecule has 0 aromatic heterocycles. The van der Waals surface area contributed by atoms with Crippen LogP contribution in [0.4, 0.5) is 5.69 Å². The normalized spacial score (nSPS) is 11.4. The molecule has 32 heavy (non-hydrogen) atoms. The van der Waals surface area contributed by atoms with Gasteiger partial charge in [-0.3, -0.25) is 4.55 Å². The molecule has 0 heterocycles. The number of hydrogen-bond acceptors (Lipinski definition) is 5. The summed E-state index contributed by atoms with van der Waals surface area (Å²) in [5, 5.41) is 3.35. The number of anilines is 1. The number of benzene rings is 1. The van der Waals surface area contributed by atoms with E-state index >= 15 is 0 Å². The van der Waals surface area contributed by atoms with Gasteiger partial charge >= 0.3 is 5.97 Å². The number of carbonyl (C=O) groups is 1. The van der Waals surface area contributed by atoms with Crippen molar-refractivity contribution in [2.45, 2.75) is 96.8 Å². The summed E-state index contributed by atoms with van der Waals surface area (Å²) in [5.41, 5.74) is 1.29. The van der Waals surface area contributed by atoms with Crippen molar-refractivity contribution in [2.24, 2.45) is 0 Å². The Kier molecular flexibility index (Phi) is 15.9. The summed E-state index contributed by atoms with van der Waals surface area (Å²) in [4.78, 5) is 11.8. The average Bonchev–Trinajstić information content (AvgIpc) is 2.76. The molecular weight excluding hydrogens is 426 g/mol. The smallest absolute Gasteiger partial charge is 0.338 e. The maximum Gasteiger partial charge on any atom is 0.338 e. The first-order chi connectivity index (χ1) is 15.4. The summed E-state index contributed by atoms with van der Waals surface area (Å²) in [7, 11) is -4.13. The van der Waals surface area contributed by atoms with E-state index in [2.05, 4.69) is 12.2 Å². The van der Waals surface area contributed by atoms with E-state index in [9.17, 15) is 13.2 Å². The second-order valence-electron chi connectivity index (χ2n) is 8.52. The lowest BCUT2D eigenvalue weighted by Gasteiger charge is -2.08. The highest BCUT2D eigenvalue weighted by Gasteiger charge is 2.10. The molecule has 6 nitrogen and oxygen atoms in total. The van der Waals surface area contributed by atoms with Crippen LogP contribution in [0.3, 0.4) is 0 Å². The summed E-state index contributed by atoms with van der Waals surface area (Å²) in [5.74, 6) is -1.20. The molecule has 0 fully saturated rings. The lowest BCUT2D eigenvalue weighted by atomic mass is 10.0. The molecule has 0 aliphatic carbocycles. The van der Waals surface area contributed by atoms with Crippen LogP contribution in [0.2, 0.25) is 0 Å². The number of rotatable bonds is 20. The van der Waals surface area contributed by atoms with Crippen LogP contribution in [-0.2, 0) is 14.9 Å². The van der Waals surface area contributed by atoms with E-state index in [0.29, 0.717) is 5.56 Å². The molecule has 7 heteroatoms. The molecule has 0 aliphatic heterocycles. The van der Waals surface area contributed by atoms with Gasteiger partial charge in [0.15, 0.2) is 0 Å². The third-order valence-electron chi connectivity index (χ3n) is 5.55. The Balaban J connectivity index is 1.97. The molecule has 0 saturated heterocycles. The Bertz CT molecular complexity index is 704. The maximum absolute atomic E-state index is 11.8. The molecule has 1 rings (SSSR count). The van der Waals surface area contributed by atoms with Crippen LogP contribution < -0.4 is 5.32 Å². The molecule has 0 amide bonds. The molecule has 0 aliphatic rings. The van der Waals surface area contributed by atoms with Gasteiger partial charge < -0.3 is 10.1 Å². The summed E-state index contributed by atoms with van der Waals surface area (Å²) in [6.45, 7) is 2.80. The highest BCUT2D eigenvalue weighted by Crippen LogP contribution is 2.14. The summed E-state index contributed by atoms with van der Waals surface area (Å²) in [6, 6.07) is 6.90. The lowest BCUT2D eigenvalue weighted by molar-refractivity contribution is 0.0528. The minimum absolute atomic E-state index is 0.349. The van der Waals surface area contributed by atoms with Crippen molar-refractivity contribution in [3.05, 3.63) is 29.8 Å². The second kappa shape index (κ2) is 17.9. The number of ether oxygens (including phenoxy) is 1. The van der Waals surface area contributed by atoms with Crippen molar-refractivity contribution in [1.29, 1.82) is 0 Å². The zero-order valence-corrected chi connectivity index (χ0v) is 20.6. The molecule has 0 atom stereocenters. The van der Waals surface area contributed by atoms with Crippen LogP contribution in [-0.4, -0.2) is 37.8 Å². The van der Waals surface area contributed by atoms with E-state index < -0.39 is 21.8 Å². The van der Waals surface area contributed by atoms with Crippen LogP contribution in [0, 0.1) is 0 Å². The Morgan fingerprint density at radius 2 is 1.28 bits per heavy atom. The number of unbranched alkanes of at least 4 members (excludes halogenated alkanes) is 13. The Morgan fingerprint density at radius 1 is 0.812 bits per heavy atom. The summed E-state index contributed by atoms with van der Waals surface area (Å²) < 4.78 is 34.7. The van der Waals surface area contributed by atoms with E-state index in [1.165, 1.54) is 83.5 Å². The molecular formula is C25H43NO5S. The van der Waals surface area contributed by atoms with E-state index in [4.69, 9.17) is 9.29 Å². The predicted octanol–water partition coefficient (Wildman–Crippen LogP) is 6.62. The van der Waals surface area contributed by atoms with Gasteiger partial charge in [-0.15, -0.1) is 0 Å². The summed E-state index contributed by atoms with van der Waals surface area (Å²) >= 11 is 0. The van der Waals surface area contributed by atoms with Gasteiger partial charge in [-0.1, -0.05) is 90.4 Å². The minimum atomic E-state index is -4.13. The molecule has 1 aromatic carbocycles. The molecule has 0 radical (unpaired) electrons. The third kappa shape index (κ3) is 16.1. The van der Waals surface area contributed by atoms with Crippen molar-refractivity contribution in [1.82, 2.24) is 0 Å². The van der Waals surface area contributed by atoms with E-state index in [1.807, 2.05) is 12.1 Å². The van der Waals surface area contributed by atoms with Crippen molar-refractivity contribution < 1.29 is 22.5 Å². The first kappa shape index (κ1) is 28.4. The van der Waals surface area contributed by atoms with Gasteiger partial charge in [-0.2, -0.15) is 8.42 Å². The van der Waals surface area contributed by atoms with Crippen LogP contribution in [0.1, 0.15) is 107 Å². The summed E-state index contributed by atoms with van der Waals surface area (Å²) in [6.07, 6.45) is 18.8. The largest absolute Gasteiger partial charge is 0.461 e. The fourth-order valence-electron chi connectivity index (χ4n) is 3.60. The predicted molar refractivity (Wildman–Crippen MR) is 132 cm³/mol. The number of nitrogens with one attached hydrogen (secondary N) is 1.